The third-order valence-electron chi connectivity index (χ3n) is 7.83. The lowest BCUT2D eigenvalue weighted by atomic mass is 9.93. The van der Waals surface area contributed by atoms with Gasteiger partial charge in [0.1, 0.15) is 11.9 Å². The van der Waals surface area contributed by atoms with Gasteiger partial charge in [0.25, 0.3) is 0 Å². The van der Waals surface area contributed by atoms with Gasteiger partial charge in [0.2, 0.25) is 15.9 Å². The van der Waals surface area contributed by atoms with Gasteiger partial charge in [-0.15, -0.1) is 0 Å². The molecular formula is C31H36N6O3S. The molecule has 7 N–H and O–H groups in total. The molecular weight excluding hydrogens is 536 g/mol. The SMILES string of the molecule is N=C(N)c1ccc(CC(NS(=O)(=O)c2cccc(-c3ccc4[nH]ccc4c3)c2)C(=O)N2CCC(CCN)CC2)cc1. The maximum atomic E-state index is 13.8. The van der Waals surface area contributed by atoms with Gasteiger partial charge < -0.3 is 21.4 Å². The minimum Gasteiger partial charge on any atom is -0.384 e. The molecule has 1 atom stereocenters. The van der Waals surface area contributed by atoms with Crippen molar-refractivity contribution in [2.75, 3.05) is 19.6 Å². The number of amidine groups is 1. The number of benzene rings is 3. The molecule has 1 fully saturated rings. The summed E-state index contributed by atoms with van der Waals surface area (Å²) in [6.07, 6.45) is 4.66. The van der Waals surface area contributed by atoms with Crippen LogP contribution in [-0.4, -0.2) is 55.7 Å². The van der Waals surface area contributed by atoms with Crippen molar-refractivity contribution in [2.24, 2.45) is 17.4 Å². The largest absolute Gasteiger partial charge is 0.384 e. The number of rotatable bonds is 10. The monoisotopic (exact) mass is 572 g/mol. The lowest BCUT2D eigenvalue weighted by Gasteiger charge is -2.34. The van der Waals surface area contributed by atoms with Crippen LogP contribution in [-0.2, 0) is 21.2 Å². The van der Waals surface area contributed by atoms with Crippen LogP contribution in [0.5, 0.6) is 0 Å². The van der Waals surface area contributed by atoms with Gasteiger partial charge in [-0.1, -0.05) is 42.5 Å². The van der Waals surface area contributed by atoms with Crippen molar-refractivity contribution in [3.63, 3.8) is 0 Å². The molecule has 9 nitrogen and oxygen atoms in total. The Labute approximate surface area is 240 Å². The molecule has 1 saturated heterocycles. The molecule has 0 saturated carbocycles. The number of hydrogen-bond donors (Lipinski definition) is 5. The third-order valence-corrected chi connectivity index (χ3v) is 9.30. The molecule has 0 bridgehead atoms. The van der Waals surface area contributed by atoms with E-state index in [4.69, 9.17) is 16.9 Å². The normalized spacial score (nSPS) is 15.2. The Hall–Kier alpha value is -3.99. The smallest absolute Gasteiger partial charge is 0.241 e. The number of nitrogens with two attached hydrogens (primary N) is 2. The zero-order valence-electron chi connectivity index (χ0n) is 22.8. The Kier molecular flexibility index (Phi) is 8.53. The average Bonchev–Trinajstić information content (AvgIpc) is 3.45. The van der Waals surface area contributed by atoms with Crippen molar-refractivity contribution in [1.29, 1.82) is 5.41 Å². The number of hydrogen-bond acceptors (Lipinski definition) is 5. The molecule has 214 valence electrons. The highest BCUT2D eigenvalue weighted by atomic mass is 32.2. The Morgan fingerprint density at radius 2 is 1.76 bits per heavy atom. The van der Waals surface area contributed by atoms with E-state index < -0.39 is 16.1 Å². The fraction of sp³-hybridized carbons (Fsp3) is 0.290. The number of fused-ring (bicyclic) bond motifs is 1. The molecule has 1 aliphatic rings. The quantitative estimate of drug-likeness (QED) is 0.145. The van der Waals surface area contributed by atoms with Crippen molar-refractivity contribution in [2.45, 2.75) is 36.6 Å². The van der Waals surface area contributed by atoms with Crippen molar-refractivity contribution in [3.05, 3.63) is 90.1 Å². The van der Waals surface area contributed by atoms with Crippen LogP contribution in [0.15, 0.2) is 83.9 Å². The maximum absolute atomic E-state index is 13.8. The molecule has 4 aromatic rings. The van der Waals surface area contributed by atoms with Crippen LogP contribution in [0.3, 0.4) is 0 Å². The van der Waals surface area contributed by atoms with Crippen LogP contribution in [0.4, 0.5) is 0 Å². The Morgan fingerprint density at radius 3 is 2.46 bits per heavy atom. The summed E-state index contributed by atoms with van der Waals surface area (Å²) in [5.74, 6) is 0.178. The molecule has 41 heavy (non-hydrogen) atoms. The van der Waals surface area contributed by atoms with Crippen molar-refractivity contribution >= 4 is 32.7 Å². The fourth-order valence-electron chi connectivity index (χ4n) is 5.46. The van der Waals surface area contributed by atoms with Gasteiger partial charge in [-0.05, 0) is 90.6 Å². The number of aromatic amines is 1. The number of nitrogens with zero attached hydrogens (tertiary/aromatic N) is 1. The molecule has 0 spiro atoms. The first kappa shape index (κ1) is 28.5. The third kappa shape index (κ3) is 6.67. The van der Waals surface area contributed by atoms with Crippen molar-refractivity contribution < 1.29 is 13.2 Å². The van der Waals surface area contributed by atoms with E-state index in [9.17, 15) is 13.2 Å². The number of H-pyrrole nitrogens is 1. The van der Waals surface area contributed by atoms with E-state index in [2.05, 4.69) is 9.71 Å². The lowest BCUT2D eigenvalue weighted by molar-refractivity contribution is -0.134. The van der Waals surface area contributed by atoms with E-state index in [1.165, 1.54) is 0 Å². The minimum absolute atomic E-state index is 0.0548. The topological polar surface area (TPSA) is 158 Å². The summed E-state index contributed by atoms with van der Waals surface area (Å²) in [6, 6.07) is 20.6. The van der Waals surface area contributed by atoms with Gasteiger partial charge >= 0.3 is 0 Å². The van der Waals surface area contributed by atoms with Crippen LogP contribution >= 0.6 is 0 Å². The van der Waals surface area contributed by atoms with Crippen LogP contribution < -0.4 is 16.2 Å². The summed E-state index contributed by atoms with van der Waals surface area (Å²) in [4.78, 5) is 18.8. The predicted molar refractivity (Wildman–Crippen MR) is 162 cm³/mol. The molecule has 2 heterocycles. The van der Waals surface area contributed by atoms with Gasteiger partial charge in [0.15, 0.2) is 0 Å². The van der Waals surface area contributed by atoms with Gasteiger partial charge in [0, 0.05) is 30.4 Å². The molecule has 0 aliphatic carbocycles. The first-order valence-electron chi connectivity index (χ1n) is 13.9. The Bertz CT molecular complexity index is 1640. The zero-order chi connectivity index (χ0) is 29.0. The summed E-state index contributed by atoms with van der Waals surface area (Å²) in [7, 11) is -4.04. The lowest BCUT2D eigenvalue weighted by Crippen LogP contribution is -2.51. The number of piperidine rings is 1. The van der Waals surface area contributed by atoms with Gasteiger partial charge in [-0.25, -0.2) is 8.42 Å². The van der Waals surface area contributed by atoms with E-state index >= 15 is 0 Å². The number of nitrogen functional groups attached to an aromatic ring is 1. The first-order chi connectivity index (χ1) is 19.7. The summed E-state index contributed by atoms with van der Waals surface area (Å²) < 4.78 is 30.1. The molecule has 1 unspecified atom stereocenters. The Balaban J connectivity index is 1.40. The molecule has 5 rings (SSSR count). The summed E-state index contributed by atoms with van der Waals surface area (Å²) in [5, 5.41) is 8.67. The number of likely N-dealkylation sites (tertiary alicyclic amines) is 1. The number of nitrogens with one attached hydrogen (secondary N) is 3. The number of carbonyl (C=O) groups is 1. The zero-order valence-corrected chi connectivity index (χ0v) is 23.7. The summed E-state index contributed by atoms with van der Waals surface area (Å²) in [6.45, 7) is 1.76. The summed E-state index contributed by atoms with van der Waals surface area (Å²) >= 11 is 0. The second-order valence-electron chi connectivity index (χ2n) is 10.6. The number of amides is 1. The number of carbonyl (C=O) groups excluding carboxylic acids is 1. The fourth-order valence-corrected chi connectivity index (χ4v) is 6.70. The van der Waals surface area contributed by atoms with Crippen LogP contribution in [0.1, 0.15) is 30.4 Å². The molecule has 0 radical (unpaired) electrons. The highest BCUT2D eigenvalue weighted by Crippen LogP contribution is 2.27. The highest BCUT2D eigenvalue weighted by molar-refractivity contribution is 7.89. The van der Waals surface area contributed by atoms with Gasteiger partial charge in [-0.3, -0.25) is 10.2 Å². The van der Waals surface area contributed by atoms with Crippen molar-refractivity contribution in [1.82, 2.24) is 14.6 Å². The standard InChI is InChI=1S/C31H36N6O3S/c32-14-10-21-12-16-37(17-13-21)31(38)29(18-22-4-6-23(7-5-22)30(33)34)36-41(39,40)27-3-1-2-24(20-27)25-8-9-28-26(19-25)11-15-35-28/h1-9,11,15,19-21,29,35-36H,10,12-14,16-18,32H2,(H3,33,34). The molecule has 1 aromatic heterocycles. The van der Waals surface area contributed by atoms with Gasteiger partial charge in [-0.2, -0.15) is 4.72 Å². The van der Waals surface area contributed by atoms with Crippen LogP contribution in [0.25, 0.3) is 22.0 Å². The second kappa shape index (κ2) is 12.3. The second-order valence-corrected chi connectivity index (χ2v) is 12.4. The summed E-state index contributed by atoms with van der Waals surface area (Å²) in [5.41, 5.74) is 15.3. The predicted octanol–water partition coefficient (Wildman–Crippen LogP) is 3.60. The van der Waals surface area contributed by atoms with E-state index in [1.807, 2.05) is 36.5 Å². The van der Waals surface area contributed by atoms with E-state index in [0.29, 0.717) is 31.1 Å². The van der Waals surface area contributed by atoms with E-state index in [-0.39, 0.29) is 23.1 Å². The van der Waals surface area contributed by atoms with E-state index in [0.717, 1.165) is 46.9 Å². The number of sulfonamides is 1. The Morgan fingerprint density at radius 1 is 1.02 bits per heavy atom. The number of aromatic nitrogens is 1. The molecule has 3 aromatic carbocycles. The van der Waals surface area contributed by atoms with Crippen LogP contribution in [0, 0.1) is 11.3 Å². The van der Waals surface area contributed by atoms with Crippen LogP contribution in [0.2, 0.25) is 0 Å². The highest BCUT2D eigenvalue weighted by Gasteiger charge is 2.32. The molecule has 1 aliphatic heterocycles. The first-order valence-corrected chi connectivity index (χ1v) is 15.3. The molecule has 1 amide bonds. The molecule has 10 heteroatoms. The van der Waals surface area contributed by atoms with Crippen molar-refractivity contribution in [3.8, 4) is 11.1 Å². The van der Waals surface area contributed by atoms with E-state index in [1.54, 1.807) is 47.4 Å². The minimum atomic E-state index is -4.04. The maximum Gasteiger partial charge on any atom is 0.241 e. The van der Waals surface area contributed by atoms with Gasteiger partial charge in [0.05, 0.1) is 4.90 Å². The average molecular weight is 573 g/mol.